The van der Waals surface area contributed by atoms with E-state index in [1.54, 1.807) is 14.0 Å². The fraction of sp³-hybridized carbons (Fsp3) is 0.355. The fourth-order valence-electron chi connectivity index (χ4n) is 4.34. The molecular formula is C31H39N3O4. The second-order valence-corrected chi connectivity index (χ2v) is 9.56. The maximum absolute atomic E-state index is 12.7. The quantitative estimate of drug-likeness (QED) is 0.297. The second-order valence-electron chi connectivity index (χ2n) is 9.56. The van der Waals surface area contributed by atoms with Crippen LogP contribution in [-0.2, 0) is 29.0 Å². The Labute approximate surface area is 225 Å². The average molecular weight is 518 g/mol. The van der Waals surface area contributed by atoms with E-state index in [1.807, 2.05) is 68.4 Å². The minimum Gasteiger partial charge on any atom is -0.496 e. The third-order valence-corrected chi connectivity index (χ3v) is 6.55. The van der Waals surface area contributed by atoms with E-state index in [0.717, 1.165) is 46.6 Å². The SMILES string of the molecule is COc1ccccc1COc1cc(C)c(C[C@H](N)C(=O)N[C@H](C)C(=O)NCCCc2ccccc2)c(C)c1. The number of nitrogens with one attached hydrogen (secondary N) is 2. The smallest absolute Gasteiger partial charge is 0.242 e. The summed E-state index contributed by atoms with van der Waals surface area (Å²) in [4.78, 5) is 25.2. The molecule has 2 atom stereocenters. The van der Waals surface area contributed by atoms with Crippen LogP contribution >= 0.6 is 0 Å². The Morgan fingerprint density at radius 3 is 2.29 bits per heavy atom. The summed E-state index contributed by atoms with van der Waals surface area (Å²) in [6.45, 7) is 6.56. The number of methoxy groups -OCH3 is 1. The zero-order chi connectivity index (χ0) is 27.5. The molecule has 0 unspecified atom stereocenters. The number of aryl methyl sites for hydroxylation is 3. The molecule has 0 aliphatic rings. The van der Waals surface area contributed by atoms with Gasteiger partial charge in [0.05, 0.1) is 13.2 Å². The van der Waals surface area contributed by atoms with Crippen molar-refractivity contribution in [1.29, 1.82) is 0 Å². The normalized spacial score (nSPS) is 12.3. The molecular weight excluding hydrogens is 478 g/mol. The van der Waals surface area contributed by atoms with E-state index in [-0.39, 0.29) is 11.8 Å². The largest absolute Gasteiger partial charge is 0.496 e. The summed E-state index contributed by atoms with van der Waals surface area (Å²) in [6, 6.07) is 20.3. The predicted molar refractivity (Wildman–Crippen MR) is 150 cm³/mol. The Morgan fingerprint density at radius 1 is 0.947 bits per heavy atom. The zero-order valence-electron chi connectivity index (χ0n) is 22.8. The lowest BCUT2D eigenvalue weighted by atomic mass is 9.96. The molecule has 0 fully saturated rings. The summed E-state index contributed by atoms with van der Waals surface area (Å²) in [7, 11) is 1.64. The standard InChI is InChI=1S/C31H39N3O4/c1-21-17-26(38-20-25-14-8-9-15-29(25)37-4)18-22(2)27(21)19-28(32)31(36)34-23(3)30(35)33-16-10-13-24-11-6-5-7-12-24/h5-9,11-12,14-15,17-18,23,28H,10,13,16,19-20,32H2,1-4H3,(H,33,35)(H,34,36)/t23-,28+/m1/s1. The van der Waals surface area contributed by atoms with Crippen molar-refractivity contribution in [3.63, 3.8) is 0 Å². The average Bonchev–Trinajstić information content (AvgIpc) is 2.92. The van der Waals surface area contributed by atoms with Gasteiger partial charge in [-0.2, -0.15) is 0 Å². The van der Waals surface area contributed by atoms with Gasteiger partial charge in [0, 0.05) is 12.1 Å². The van der Waals surface area contributed by atoms with Crippen LogP contribution in [0.4, 0.5) is 0 Å². The minimum atomic E-state index is -0.777. The molecule has 3 rings (SSSR count). The molecule has 0 aromatic heterocycles. The van der Waals surface area contributed by atoms with Crippen molar-refractivity contribution in [3.05, 3.63) is 94.5 Å². The van der Waals surface area contributed by atoms with E-state index in [1.165, 1.54) is 5.56 Å². The van der Waals surface area contributed by atoms with Crippen LogP contribution in [0.2, 0.25) is 0 Å². The van der Waals surface area contributed by atoms with Gasteiger partial charge >= 0.3 is 0 Å². The summed E-state index contributed by atoms with van der Waals surface area (Å²) in [5.74, 6) is 0.949. The highest BCUT2D eigenvalue weighted by Crippen LogP contribution is 2.25. The molecule has 3 aromatic rings. The van der Waals surface area contributed by atoms with Crippen molar-refractivity contribution in [1.82, 2.24) is 10.6 Å². The first-order chi connectivity index (χ1) is 18.3. The number of para-hydroxylation sites is 1. The fourth-order valence-corrected chi connectivity index (χ4v) is 4.34. The van der Waals surface area contributed by atoms with E-state index in [2.05, 4.69) is 22.8 Å². The van der Waals surface area contributed by atoms with Crippen molar-refractivity contribution in [2.75, 3.05) is 13.7 Å². The van der Waals surface area contributed by atoms with Crippen LogP contribution in [0, 0.1) is 13.8 Å². The number of carbonyl (C=O) groups is 2. The third-order valence-electron chi connectivity index (χ3n) is 6.55. The van der Waals surface area contributed by atoms with Gasteiger partial charge in [-0.25, -0.2) is 0 Å². The van der Waals surface area contributed by atoms with Crippen molar-refractivity contribution >= 4 is 11.8 Å². The summed E-state index contributed by atoms with van der Waals surface area (Å²) < 4.78 is 11.4. The zero-order valence-corrected chi connectivity index (χ0v) is 22.8. The van der Waals surface area contributed by atoms with E-state index in [9.17, 15) is 9.59 Å². The highest BCUT2D eigenvalue weighted by molar-refractivity contribution is 5.89. The topological polar surface area (TPSA) is 103 Å². The molecule has 7 nitrogen and oxygen atoms in total. The minimum absolute atomic E-state index is 0.220. The first-order valence-corrected chi connectivity index (χ1v) is 13.0. The monoisotopic (exact) mass is 517 g/mol. The van der Waals surface area contributed by atoms with Crippen LogP contribution in [0.3, 0.4) is 0 Å². The van der Waals surface area contributed by atoms with E-state index < -0.39 is 12.1 Å². The second kappa shape index (κ2) is 14.2. The molecule has 0 heterocycles. The van der Waals surface area contributed by atoms with Gasteiger partial charge in [0.2, 0.25) is 11.8 Å². The van der Waals surface area contributed by atoms with Crippen molar-refractivity contribution < 1.29 is 19.1 Å². The number of carbonyl (C=O) groups excluding carboxylic acids is 2. The van der Waals surface area contributed by atoms with Gasteiger partial charge in [-0.3, -0.25) is 9.59 Å². The number of hydrogen-bond donors (Lipinski definition) is 3. The molecule has 4 N–H and O–H groups in total. The Kier molecular flexibility index (Phi) is 10.7. The van der Waals surface area contributed by atoms with Crippen LogP contribution in [0.1, 0.15) is 41.2 Å². The lowest BCUT2D eigenvalue weighted by Crippen LogP contribution is -2.51. The van der Waals surface area contributed by atoms with Crippen LogP contribution < -0.4 is 25.8 Å². The van der Waals surface area contributed by atoms with Crippen molar-refractivity contribution in [2.45, 2.75) is 58.7 Å². The Bertz CT molecular complexity index is 1190. The van der Waals surface area contributed by atoms with E-state index >= 15 is 0 Å². The van der Waals surface area contributed by atoms with Gasteiger partial charge in [0.1, 0.15) is 24.1 Å². The molecule has 0 spiro atoms. The first kappa shape index (κ1) is 28.7. The summed E-state index contributed by atoms with van der Waals surface area (Å²) in [5.41, 5.74) is 11.4. The van der Waals surface area contributed by atoms with Gasteiger partial charge in [-0.15, -0.1) is 0 Å². The summed E-state index contributed by atoms with van der Waals surface area (Å²) >= 11 is 0. The maximum atomic E-state index is 12.7. The summed E-state index contributed by atoms with van der Waals surface area (Å²) in [5, 5.41) is 5.63. The molecule has 3 aromatic carbocycles. The third kappa shape index (κ3) is 8.35. The molecule has 38 heavy (non-hydrogen) atoms. The van der Waals surface area contributed by atoms with Crippen LogP contribution in [0.5, 0.6) is 11.5 Å². The number of nitrogens with two attached hydrogens (primary N) is 1. The highest BCUT2D eigenvalue weighted by Gasteiger charge is 2.21. The van der Waals surface area contributed by atoms with Crippen LogP contribution in [0.25, 0.3) is 0 Å². The predicted octanol–water partition coefficient (Wildman–Crippen LogP) is 4.01. The molecule has 7 heteroatoms. The number of benzene rings is 3. The van der Waals surface area contributed by atoms with Gasteiger partial charge in [-0.05, 0) is 80.5 Å². The Hall–Kier alpha value is -3.84. The molecule has 202 valence electrons. The Balaban J connectivity index is 1.48. The number of ether oxygens (including phenoxy) is 2. The summed E-state index contributed by atoms with van der Waals surface area (Å²) in [6.07, 6.45) is 2.07. The van der Waals surface area contributed by atoms with E-state index in [4.69, 9.17) is 15.2 Å². The van der Waals surface area contributed by atoms with Gasteiger partial charge in [0.15, 0.2) is 0 Å². The molecule has 0 radical (unpaired) electrons. The number of rotatable bonds is 13. The molecule has 0 aliphatic heterocycles. The van der Waals surface area contributed by atoms with Crippen LogP contribution in [0.15, 0.2) is 66.7 Å². The molecule has 0 bridgehead atoms. The highest BCUT2D eigenvalue weighted by atomic mass is 16.5. The van der Waals surface area contributed by atoms with Crippen molar-refractivity contribution in [3.8, 4) is 11.5 Å². The van der Waals surface area contributed by atoms with Gasteiger partial charge in [0.25, 0.3) is 0 Å². The number of hydrogen-bond acceptors (Lipinski definition) is 5. The van der Waals surface area contributed by atoms with Crippen LogP contribution in [-0.4, -0.2) is 37.6 Å². The first-order valence-electron chi connectivity index (χ1n) is 13.0. The number of amides is 2. The molecule has 0 saturated carbocycles. The maximum Gasteiger partial charge on any atom is 0.242 e. The Morgan fingerprint density at radius 2 is 1.61 bits per heavy atom. The molecule has 0 aliphatic carbocycles. The van der Waals surface area contributed by atoms with E-state index in [0.29, 0.717) is 19.6 Å². The lowest BCUT2D eigenvalue weighted by Gasteiger charge is -2.20. The van der Waals surface area contributed by atoms with Crippen molar-refractivity contribution in [2.24, 2.45) is 5.73 Å². The van der Waals surface area contributed by atoms with Gasteiger partial charge in [-0.1, -0.05) is 48.5 Å². The molecule has 0 saturated heterocycles. The lowest BCUT2D eigenvalue weighted by molar-refractivity contribution is -0.129. The molecule has 2 amide bonds. The van der Waals surface area contributed by atoms with Gasteiger partial charge < -0.3 is 25.8 Å².